The molecule has 0 fully saturated rings. The smallest absolute Gasteiger partial charge is 0.123 e. The van der Waals surface area contributed by atoms with Gasteiger partial charge >= 0.3 is 0 Å². The normalized spacial score (nSPS) is 10.8. The minimum Gasteiger partial charge on any atom is -0.507 e. The van der Waals surface area contributed by atoms with Gasteiger partial charge in [-0.2, -0.15) is 0 Å². The molecular formula is C17H13BrOS. The van der Waals surface area contributed by atoms with E-state index in [2.05, 4.69) is 40.2 Å². The van der Waals surface area contributed by atoms with E-state index in [1.807, 2.05) is 30.3 Å². The highest BCUT2D eigenvalue weighted by Crippen LogP contribution is 2.35. The van der Waals surface area contributed by atoms with Gasteiger partial charge in [0, 0.05) is 20.5 Å². The van der Waals surface area contributed by atoms with Crippen molar-refractivity contribution in [1.29, 1.82) is 0 Å². The standard InChI is InChI=1S/C17H13BrOS/c18-15-8-4-1-5-12(15)11-20-17-10-9-16(19)13-6-2-3-7-14(13)17/h1-10,19H,11H2. The summed E-state index contributed by atoms with van der Waals surface area (Å²) in [4.78, 5) is 1.19. The van der Waals surface area contributed by atoms with Crippen LogP contribution >= 0.6 is 27.7 Å². The number of phenols is 1. The molecule has 3 rings (SSSR count). The number of thioether (sulfide) groups is 1. The number of phenolic OH excluding ortho intramolecular Hbond substituents is 1. The zero-order valence-electron chi connectivity index (χ0n) is 10.7. The fraction of sp³-hybridized carbons (Fsp3) is 0.0588. The van der Waals surface area contributed by atoms with Crippen LogP contribution in [0.2, 0.25) is 0 Å². The molecule has 0 radical (unpaired) electrons. The van der Waals surface area contributed by atoms with Crippen molar-refractivity contribution in [3.05, 3.63) is 70.7 Å². The van der Waals surface area contributed by atoms with Crippen LogP contribution in [0.3, 0.4) is 0 Å². The third-order valence-electron chi connectivity index (χ3n) is 3.20. The molecule has 0 heterocycles. The van der Waals surface area contributed by atoms with E-state index in [9.17, 15) is 5.11 Å². The molecule has 0 bridgehead atoms. The van der Waals surface area contributed by atoms with Gasteiger partial charge in [0.15, 0.2) is 0 Å². The highest BCUT2D eigenvalue weighted by Gasteiger charge is 2.06. The van der Waals surface area contributed by atoms with Gasteiger partial charge in [-0.05, 0) is 29.1 Å². The second-order valence-electron chi connectivity index (χ2n) is 4.51. The molecule has 100 valence electrons. The van der Waals surface area contributed by atoms with E-state index >= 15 is 0 Å². The van der Waals surface area contributed by atoms with Crippen molar-refractivity contribution in [1.82, 2.24) is 0 Å². The van der Waals surface area contributed by atoms with E-state index in [4.69, 9.17) is 0 Å². The molecule has 0 spiro atoms. The summed E-state index contributed by atoms with van der Waals surface area (Å²) in [5.41, 5.74) is 1.27. The summed E-state index contributed by atoms with van der Waals surface area (Å²) in [5.74, 6) is 1.24. The lowest BCUT2D eigenvalue weighted by molar-refractivity contribution is 0.481. The zero-order chi connectivity index (χ0) is 13.9. The van der Waals surface area contributed by atoms with Crippen LogP contribution in [0.5, 0.6) is 5.75 Å². The predicted molar refractivity (Wildman–Crippen MR) is 89.3 cm³/mol. The van der Waals surface area contributed by atoms with Crippen LogP contribution < -0.4 is 0 Å². The lowest BCUT2D eigenvalue weighted by Gasteiger charge is -2.09. The first-order valence-electron chi connectivity index (χ1n) is 6.32. The Balaban J connectivity index is 1.92. The average Bonchev–Trinajstić information content (AvgIpc) is 2.48. The number of benzene rings is 3. The summed E-state index contributed by atoms with van der Waals surface area (Å²) >= 11 is 5.36. The van der Waals surface area contributed by atoms with Gasteiger partial charge in [-0.25, -0.2) is 0 Å². The van der Waals surface area contributed by atoms with E-state index in [0.29, 0.717) is 5.75 Å². The highest BCUT2D eigenvalue weighted by atomic mass is 79.9. The topological polar surface area (TPSA) is 20.2 Å². The van der Waals surface area contributed by atoms with Crippen LogP contribution in [0.4, 0.5) is 0 Å². The Kier molecular flexibility index (Phi) is 3.99. The lowest BCUT2D eigenvalue weighted by atomic mass is 10.1. The van der Waals surface area contributed by atoms with Crippen molar-refractivity contribution in [3.63, 3.8) is 0 Å². The molecule has 0 atom stereocenters. The fourth-order valence-electron chi connectivity index (χ4n) is 2.15. The van der Waals surface area contributed by atoms with Gasteiger partial charge in [0.1, 0.15) is 5.75 Å². The maximum absolute atomic E-state index is 9.91. The number of halogens is 1. The van der Waals surface area contributed by atoms with E-state index in [1.54, 1.807) is 17.8 Å². The van der Waals surface area contributed by atoms with Crippen molar-refractivity contribution in [3.8, 4) is 5.75 Å². The first-order valence-corrected chi connectivity index (χ1v) is 8.10. The largest absolute Gasteiger partial charge is 0.507 e. The van der Waals surface area contributed by atoms with E-state index in [-0.39, 0.29) is 0 Å². The number of hydrogen-bond acceptors (Lipinski definition) is 2. The SMILES string of the molecule is Oc1ccc(SCc2ccccc2Br)c2ccccc12. The molecule has 3 aromatic carbocycles. The van der Waals surface area contributed by atoms with Crippen LogP contribution in [0, 0.1) is 0 Å². The van der Waals surface area contributed by atoms with Crippen molar-refractivity contribution in [2.24, 2.45) is 0 Å². The minimum atomic E-state index is 0.339. The van der Waals surface area contributed by atoms with Crippen LogP contribution in [0.25, 0.3) is 10.8 Å². The van der Waals surface area contributed by atoms with Gasteiger partial charge in [-0.3, -0.25) is 0 Å². The lowest BCUT2D eigenvalue weighted by Crippen LogP contribution is -1.84. The number of hydrogen-bond donors (Lipinski definition) is 1. The first-order chi connectivity index (χ1) is 9.75. The molecule has 1 N–H and O–H groups in total. The van der Waals surface area contributed by atoms with Crippen LogP contribution in [0.15, 0.2) is 70.0 Å². The van der Waals surface area contributed by atoms with Gasteiger partial charge < -0.3 is 5.11 Å². The van der Waals surface area contributed by atoms with Crippen molar-refractivity contribution >= 4 is 38.5 Å². The van der Waals surface area contributed by atoms with Gasteiger partial charge in [0.25, 0.3) is 0 Å². The maximum Gasteiger partial charge on any atom is 0.123 e. The molecule has 0 aliphatic rings. The third kappa shape index (κ3) is 2.69. The third-order valence-corrected chi connectivity index (χ3v) is 5.10. The summed E-state index contributed by atoms with van der Waals surface area (Å²) in [5, 5.41) is 11.9. The van der Waals surface area contributed by atoms with E-state index < -0.39 is 0 Å². The van der Waals surface area contributed by atoms with Gasteiger partial charge in [0.2, 0.25) is 0 Å². The second kappa shape index (κ2) is 5.90. The molecule has 3 aromatic rings. The molecule has 0 aliphatic heterocycles. The molecule has 0 saturated carbocycles. The molecule has 0 amide bonds. The molecule has 0 aliphatic carbocycles. The quantitative estimate of drug-likeness (QED) is 0.624. The average molecular weight is 345 g/mol. The van der Waals surface area contributed by atoms with Crippen molar-refractivity contribution < 1.29 is 5.11 Å². The van der Waals surface area contributed by atoms with Crippen molar-refractivity contribution in [2.75, 3.05) is 0 Å². The maximum atomic E-state index is 9.91. The van der Waals surface area contributed by atoms with Gasteiger partial charge in [0.05, 0.1) is 0 Å². The first kappa shape index (κ1) is 13.5. The Morgan fingerprint density at radius 1 is 0.850 bits per heavy atom. The van der Waals surface area contributed by atoms with E-state index in [1.165, 1.54) is 10.5 Å². The van der Waals surface area contributed by atoms with Gasteiger partial charge in [-0.15, -0.1) is 11.8 Å². The van der Waals surface area contributed by atoms with Crippen LogP contribution in [-0.2, 0) is 5.75 Å². The molecule has 1 nitrogen and oxygen atoms in total. The summed E-state index contributed by atoms with van der Waals surface area (Å²) < 4.78 is 1.13. The fourth-order valence-corrected chi connectivity index (χ4v) is 3.82. The number of fused-ring (bicyclic) bond motifs is 1. The van der Waals surface area contributed by atoms with Crippen LogP contribution in [-0.4, -0.2) is 5.11 Å². The number of rotatable bonds is 3. The molecule has 0 aromatic heterocycles. The number of aromatic hydroxyl groups is 1. The highest BCUT2D eigenvalue weighted by molar-refractivity contribution is 9.10. The molecule has 3 heteroatoms. The summed E-state index contributed by atoms with van der Waals surface area (Å²) in [7, 11) is 0. The predicted octanol–water partition coefficient (Wildman–Crippen LogP) is 5.60. The Labute approximate surface area is 130 Å². The Morgan fingerprint density at radius 3 is 2.35 bits per heavy atom. The Morgan fingerprint density at radius 2 is 1.55 bits per heavy atom. The monoisotopic (exact) mass is 344 g/mol. The summed E-state index contributed by atoms with van der Waals surface area (Å²) in [6.07, 6.45) is 0. The van der Waals surface area contributed by atoms with E-state index in [0.717, 1.165) is 21.0 Å². The van der Waals surface area contributed by atoms with Crippen molar-refractivity contribution in [2.45, 2.75) is 10.6 Å². The molecule has 0 unspecified atom stereocenters. The Bertz CT molecular complexity index is 755. The second-order valence-corrected chi connectivity index (χ2v) is 6.38. The summed E-state index contributed by atoms with van der Waals surface area (Å²) in [6.45, 7) is 0. The Hall–Kier alpha value is -1.45. The molecular weight excluding hydrogens is 332 g/mol. The molecule has 0 saturated heterocycles. The van der Waals surface area contributed by atoms with Crippen LogP contribution in [0.1, 0.15) is 5.56 Å². The summed E-state index contributed by atoms with van der Waals surface area (Å²) in [6, 6.07) is 20.0. The molecule has 20 heavy (non-hydrogen) atoms. The van der Waals surface area contributed by atoms with Gasteiger partial charge in [-0.1, -0.05) is 58.4 Å². The zero-order valence-corrected chi connectivity index (χ0v) is 13.1. The minimum absolute atomic E-state index is 0.339.